The highest BCUT2D eigenvalue weighted by molar-refractivity contribution is 7.84. The summed E-state index contributed by atoms with van der Waals surface area (Å²) in [5.74, 6) is 0.631. The van der Waals surface area contributed by atoms with Crippen LogP contribution in [-0.4, -0.2) is 19.9 Å². The molecule has 0 spiro atoms. The van der Waals surface area contributed by atoms with Gasteiger partial charge in [-0.25, -0.2) is 4.98 Å². The SMILES string of the molecule is CCS(=O)c1nc[nH]c1C. The summed E-state index contributed by atoms with van der Waals surface area (Å²) in [6.07, 6.45) is 1.57. The van der Waals surface area contributed by atoms with Crippen LogP contribution in [-0.2, 0) is 10.8 Å². The first-order valence-corrected chi connectivity index (χ1v) is 4.46. The monoisotopic (exact) mass is 158 g/mol. The molecule has 1 aromatic heterocycles. The van der Waals surface area contributed by atoms with Crippen LogP contribution in [0.15, 0.2) is 11.4 Å². The lowest BCUT2D eigenvalue weighted by atomic mass is 10.6. The summed E-state index contributed by atoms with van der Waals surface area (Å²) in [6, 6.07) is 0. The van der Waals surface area contributed by atoms with Crippen molar-refractivity contribution in [1.82, 2.24) is 9.97 Å². The number of imidazole rings is 1. The van der Waals surface area contributed by atoms with E-state index in [0.717, 1.165) is 5.69 Å². The van der Waals surface area contributed by atoms with Crippen molar-refractivity contribution < 1.29 is 4.21 Å². The Balaban J connectivity index is 2.93. The number of aromatic nitrogens is 2. The Morgan fingerprint density at radius 1 is 1.80 bits per heavy atom. The van der Waals surface area contributed by atoms with E-state index >= 15 is 0 Å². The summed E-state index contributed by atoms with van der Waals surface area (Å²) in [7, 11) is -0.913. The molecule has 0 fully saturated rings. The van der Waals surface area contributed by atoms with Crippen LogP contribution >= 0.6 is 0 Å². The van der Waals surface area contributed by atoms with Crippen molar-refractivity contribution in [3.8, 4) is 0 Å². The number of hydrogen-bond acceptors (Lipinski definition) is 2. The predicted octanol–water partition coefficient (Wildman–Crippen LogP) is 0.846. The van der Waals surface area contributed by atoms with Gasteiger partial charge in [-0.2, -0.15) is 0 Å². The van der Waals surface area contributed by atoms with Gasteiger partial charge in [0.15, 0.2) is 0 Å². The normalized spacial score (nSPS) is 13.4. The predicted molar refractivity (Wildman–Crippen MR) is 40.3 cm³/mol. The fourth-order valence-electron chi connectivity index (χ4n) is 0.713. The van der Waals surface area contributed by atoms with E-state index < -0.39 is 10.8 Å². The fourth-order valence-corrected chi connectivity index (χ4v) is 1.56. The maximum absolute atomic E-state index is 11.1. The van der Waals surface area contributed by atoms with Gasteiger partial charge >= 0.3 is 0 Å². The van der Waals surface area contributed by atoms with Gasteiger partial charge < -0.3 is 4.98 Å². The number of nitrogens with zero attached hydrogens (tertiary/aromatic N) is 1. The van der Waals surface area contributed by atoms with E-state index in [1.165, 1.54) is 0 Å². The second kappa shape index (κ2) is 2.96. The fraction of sp³-hybridized carbons (Fsp3) is 0.500. The molecule has 0 amide bonds. The molecule has 1 aromatic rings. The van der Waals surface area contributed by atoms with Crippen molar-refractivity contribution in [3.05, 3.63) is 12.0 Å². The number of hydrogen-bond donors (Lipinski definition) is 1. The standard InChI is InChI=1S/C6H10N2OS/c1-3-10(9)6-5(2)7-4-8-6/h4H,3H2,1-2H3,(H,7,8). The number of rotatable bonds is 2. The molecular weight excluding hydrogens is 148 g/mol. The number of aromatic amines is 1. The topological polar surface area (TPSA) is 45.8 Å². The highest BCUT2D eigenvalue weighted by Crippen LogP contribution is 2.05. The Morgan fingerprint density at radius 2 is 2.50 bits per heavy atom. The lowest BCUT2D eigenvalue weighted by molar-refractivity contribution is 0.681. The Hall–Kier alpha value is -0.640. The maximum Gasteiger partial charge on any atom is 0.147 e. The van der Waals surface area contributed by atoms with Crippen LogP contribution in [0.5, 0.6) is 0 Å². The molecule has 0 radical (unpaired) electrons. The van der Waals surface area contributed by atoms with E-state index in [2.05, 4.69) is 9.97 Å². The highest BCUT2D eigenvalue weighted by atomic mass is 32.2. The van der Waals surface area contributed by atoms with Crippen LogP contribution in [0, 0.1) is 6.92 Å². The van der Waals surface area contributed by atoms with Crippen molar-refractivity contribution in [1.29, 1.82) is 0 Å². The number of nitrogens with one attached hydrogen (secondary N) is 1. The van der Waals surface area contributed by atoms with Crippen LogP contribution in [0.2, 0.25) is 0 Å². The summed E-state index contributed by atoms with van der Waals surface area (Å²) < 4.78 is 11.1. The van der Waals surface area contributed by atoms with Gasteiger partial charge in [0.1, 0.15) is 5.03 Å². The van der Waals surface area contributed by atoms with Gasteiger partial charge in [0.25, 0.3) is 0 Å². The van der Waals surface area contributed by atoms with E-state index in [-0.39, 0.29) is 0 Å². The van der Waals surface area contributed by atoms with Gasteiger partial charge in [0.05, 0.1) is 17.1 Å². The van der Waals surface area contributed by atoms with E-state index in [0.29, 0.717) is 10.8 Å². The summed E-state index contributed by atoms with van der Waals surface area (Å²) >= 11 is 0. The molecule has 0 saturated carbocycles. The molecule has 0 bridgehead atoms. The minimum absolute atomic E-state index is 0.631. The molecule has 10 heavy (non-hydrogen) atoms. The van der Waals surface area contributed by atoms with Gasteiger partial charge in [-0.05, 0) is 6.92 Å². The minimum atomic E-state index is -0.913. The lowest BCUT2D eigenvalue weighted by Gasteiger charge is -1.92. The third-order valence-corrected chi connectivity index (χ3v) is 2.63. The summed E-state index contributed by atoms with van der Waals surface area (Å²) in [5, 5.41) is 0.683. The molecule has 1 N–H and O–H groups in total. The average Bonchev–Trinajstić information content (AvgIpc) is 2.34. The third kappa shape index (κ3) is 1.26. The highest BCUT2D eigenvalue weighted by Gasteiger charge is 2.05. The van der Waals surface area contributed by atoms with Crippen LogP contribution < -0.4 is 0 Å². The molecule has 1 unspecified atom stereocenters. The van der Waals surface area contributed by atoms with Crippen molar-refractivity contribution in [2.24, 2.45) is 0 Å². The Labute approximate surface area is 62.3 Å². The minimum Gasteiger partial charge on any atom is -0.348 e. The van der Waals surface area contributed by atoms with Crippen LogP contribution in [0.25, 0.3) is 0 Å². The van der Waals surface area contributed by atoms with Gasteiger partial charge in [-0.3, -0.25) is 4.21 Å². The van der Waals surface area contributed by atoms with Crippen LogP contribution in [0.1, 0.15) is 12.6 Å². The molecule has 1 atom stereocenters. The summed E-state index contributed by atoms with van der Waals surface area (Å²) in [6.45, 7) is 3.75. The molecule has 0 aliphatic rings. The van der Waals surface area contributed by atoms with Crippen molar-refractivity contribution >= 4 is 10.8 Å². The average molecular weight is 158 g/mol. The largest absolute Gasteiger partial charge is 0.348 e. The molecule has 1 heterocycles. The summed E-state index contributed by atoms with van der Waals surface area (Å²) in [5.41, 5.74) is 0.903. The molecule has 3 nitrogen and oxygen atoms in total. The first kappa shape index (κ1) is 7.47. The Kier molecular flexibility index (Phi) is 2.21. The van der Waals surface area contributed by atoms with Crippen molar-refractivity contribution in [2.45, 2.75) is 18.9 Å². The van der Waals surface area contributed by atoms with Crippen LogP contribution in [0.3, 0.4) is 0 Å². The quantitative estimate of drug-likeness (QED) is 0.693. The molecule has 1 rings (SSSR count). The second-order valence-electron chi connectivity index (χ2n) is 1.97. The van der Waals surface area contributed by atoms with E-state index in [1.54, 1.807) is 6.33 Å². The lowest BCUT2D eigenvalue weighted by Crippen LogP contribution is -1.95. The van der Waals surface area contributed by atoms with E-state index in [4.69, 9.17) is 0 Å². The zero-order chi connectivity index (χ0) is 7.56. The molecule has 0 aliphatic heterocycles. The van der Waals surface area contributed by atoms with Gasteiger partial charge in [0.2, 0.25) is 0 Å². The molecule has 56 valence electrons. The van der Waals surface area contributed by atoms with Gasteiger partial charge in [-0.15, -0.1) is 0 Å². The maximum atomic E-state index is 11.1. The summed E-state index contributed by atoms with van der Waals surface area (Å²) in [4.78, 5) is 6.81. The molecule has 0 aromatic carbocycles. The third-order valence-electron chi connectivity index (χ3n) is 1.26. The smallest absolute Gasteiger partial charge is 0.147 e. The number of aryl methyl sites for hydroxylation is 1. The zero-order valence-corrected chi connectivity index (χ0v) is 6.86. The molecule has 0 aliphatic carbocycles. The van der Waals surface area contributed by atoms with Gasteiger partial charge in [0, 0.05) is 11.4 Å². The molecule has 0 saturated heterocycles. The van der Waals surface area contributed by atoms with E-state index in [9.17, 15) is 4.21 Å². The zero-order valence-electron chi connectivity index (χ0n) is 6.05. The van der Waals surface area contributed by atoms with E-state index in [1.807, 2.05) is 13.8 Å². The van der Waals surface area contributed by atoms with Crippen LogP contribution in [0.4, 0.5) is 0 Å². The molecular formula is C6H10N2OS. The Morgan fingerprint density at radius 3 is 2.90 bits per heavy atom. The van der Waals surface area contributed by atoms with Gasteiger partial charge in [-0.1, -0.05) is 6.92 Å². The molecule has 4 heteroatoms. The van der Waals surface area contributed by atoms with Crippen molar-refractivity contribution in [3.63, 3.8) is 0 Å². The Bertz CT molecular complexity index is 244. The second-order valence-corrected chi connectivity index (χ2v) is 3.62. The first-order valence-electron chi connectivity index (χ1n) is 3.14. The van der Waals surface area contributed by atoms with Crippen molar-refractivity contribution in [2.75, 3.05) is 5.75 Å². The number of H-pyrrole nitrogens is 1. The first-order chi connectivity index (χ1) is 4.75.